The van der Waals surface area contributed by atoms with Gasteiger partial charge in [0.2, 0.25) is 0 Å². The molecule has 0 saturated heterocycles. The number of hydrogen-bond acceptors (Lipinski definition) is 0. The monoisotopic (exact) mass is 162 g/mol. The smallest absolute Gasteiger partial charge is 0.0996 e. The minimum atomic E-state index is -0.565. The lowest BCUT2D eigenvalue weighted by molar-refractivity contribution is 0.316. The van der Waals surface area contributed by atoms with Crippen LogP contribution in [0.5, 0.6) is 0 Å². The Morgan fingerprint density at radius 3 is 1.27 bits per heavy atom. The largest absolute Gasteiger partial charge is 0.248 e. The van der Waals surface area contributed by atoms with E-state index in [-0.39, 0.29) is 0 Å². The van der Waals surface area contributed by atoms with Crippen molar-refractivity contribution < 1.29 is 4.39 Å². The second-order valence-electron chi connectivity index (χ2n) is 2.77. The fourth-order valence-electron chi connectivity index (χ4n) is 0.642. The quantitative estimate of drug-likeness (QED) is 0.577. The topological polar surface area (TPSA) is 0 Å². The average Bonchev–Trinajstić information content (AvgIpc) is 2.06. The van der Waals surface area contributed by atoms with Gasteiger partial charge >= 0.3 is 0 Å². The zero-order valence-corrected chi connectivity index (χ0v) is 8.49. The van der Waals surface area contributed by atoms with E-state index in [9.17, 15) is 4.39 Å². The fourth-order valence-corrected chi connectivity index (χ4v) is 0.642. The summed E-state index contributed by atoms with van der Waals surface area (Å²) in [6.45, 7) is 8.13. The minimum Gasteiger partial charge on any atom is -0.248 e. The Labute approximate surface area is 71.2 Å². The van der Waals surface area contributed by atoms with Gasteiger partial charge in [-0.15, -0.1) is 0 Å². The Bertz CT molecular complexity index is 46.8. The van der Waals surface area contributed by atoms with E-state index in [1.807, 2.05) is 13.8 Å². The van der Waals surface area contributed by atoms with Crippen molar-refractivity contribution in [2.75, 3.05) is 0 Å². The van der Waals surface area contributed by atoms with Crippen molar-refractivity contribution in [1.82, 2.24) is 0 Å². The predicted octanol–water partition coefficient (Wildman–Crippen LogP) is 4.34. The van der Waals surface area contributed by atoms with Crippen LogP contribution < -0.4 is 0 Å². The Morgan fingerprint density at radius 1 is 0.909 bits per heavy atom. The van der Waals surface area contributed by atoms with Crippen molar-refractivity contribution in [1.29, 1.82) is 0 Å². The summed E-state index contributed by atoms with van der Waals surface area (Å²) in [6.07, 6.45) is 4.84. The molecule has 0 nitrogen and oxygen atoms in total. The van der Waals surface area contributed by atoms with Crippen LogP contribution in [0.3, 0.4) is 0 Å². The lowest BCUT2D eigenvalue weighted by Crippen LogP contribution is -1.91. The van der Waals surface area contributed by atoms with Gasteiger partial charge in [-0.1, -0.05) is 47.0 Å². The van der Waals surface area contributed by atoms with Crippen molar-refractivity contribution in [3.8, 4) is 0 Å². The molecule has 0 saturated carbocycles. The molecule has 0 rings (SSSR count). The predicted molar refractivity (Wildman–Crippen MR) is 50.7 cm³/mol. The van der Waals surface area contributed by atoms with Gasteiger partial charge in [0.05, 0.1) is 6.17 Å². The first-order chi connectivity index (χ1) is 5.22. The summed E-state index contributed by atoms with van der Waals surface area (Å²) in [5.41, 5.74) is 0. The van der Waals surface area contributed by atoms with E-state index in [0.717, 1.165) is 0 Å². The number of alkyl halides is 1. The zero-order valence-electron chi connectivity index (χ0n) is 8.49. The van der Waals surface area contributed by atoms with E-state index < -0.39 is 6.17 Å². The van der Waals surface area contributed by atoms with Gasteiger partial charge in [-0.05, 0) is 12.8 Å². The van der Waals surface area contributed by atoms with Gasteiger partial charge in [0, 0.05) is 0 Å². The van der Waals surface area contributed by atoms with Crippen molar-refractivity contribution in [2.24, 2.45) is 0 Å². The van der Waals surface area contributed by atoms with Crippen LogP contribution in [0.1, 0.15) is 59.8 Å². The molecule has 0 aliphatic rings. The van der Waals surface area contributed by atoms with E-state index in [2.05, 4.69) is 13.8 Å². The molecule has 0 atom stereocenters. The third-order valence-electron chi connectivity index (χ3n) is 1.59. The van der Waals surface area contributed by atoms with E-state index >= 15 is 0 Å². The van der Waals surface area contributed by atoms with Crippen LogP contribution in [0.4, 0.5) is 4.39 Å². The first kappa shape index (κ1) is 13.5. The van der Waals surface area contributed by atoms with Crippen molar-refractivity contribution >= 4 is 0 Å². The van der Waals surface area contributed by atoms with E-state index in [1.54, 1.807) is 0 Å². The third kappa shape index (κ3) is 17.8. The maximum absolute atomic E-state index is 11.9. The highest BCUT2D eigenvalue weighted by Crippen LogP contribution is 1.98. The van der Waals surface area contributed by atoms with Crippen molar-refractivity contribution in [3.05, 3.63) is 0 Å². The Kier molecular flexibility index (Phi) is 15.5. The summed E-state index contributed by atoms with van der Waals surface area (Å²) < 4.78 is 11.9. The van der Waals surface area contributed by atoms with Crippen molar-refractivity contribution in [3.63, 3.8) is 0 Å². The van der Waals surface area contributed by atoms with Gasteiger partial charge in [0.15, 0.2) is 0 Å². The zero-order chi connectivity index (χ0) is 9.11. The van der Waals surface area contributed by atoms with Crippen molar-refractivity contribution in [2.45, 2.75) is 66.0 Å². The molecule has 0 aliphatic heterocycles. The summed E-state index contributed by atoms with van der Waals surface area (Å²) in [4.78, 5) is 0. The van der Waals surface area contributed by atoms with Crippen LogP contribution in [0.2, 0.25) is 0 Å². The van der Waals surface area contributed by atoms with Gasteiger partial charge in [0.1, 0.15) is 0 Å². The average molecular weight is 162 g/mol. The minimum absolute atomic E-state index is 0.565. The molecular weight excluding hydrogens is 139 g/mol. The molecule has 0 radical (unpaired) electrons. The highest BCUT2D eigenvalue weighted by Gasteiger charge is 1.93. The van der Waals surface area contributed by atoms with E-state index in [4.69, 9.17) is 0 Å². The molecular formula is C10H23F. The van der Waals surface area contributed by atoms with Crippen LogP contribution in [0.25, 0.3) is 0 Å². The lowest BCUT2D eigenvalue weighted by Gasteiger charge is -1.94. The summed E-state index contributed by atoms with van der Waals surface area (Å²) in [7, 11) is 0. The van der Waals surface area contributed by atoms with Crippen LogP contribution >= 0.6 is 0 Å². The molecule has 70 valence electrons. The summed E-state index contributed by atoms with van der Waals surface area (Å²) in [6, 6.07) is 0. The Balaban J connectivity index is 0. The number of hydrogen-bond donors (Lipinski definition) is 0. The van der Waals surface area contributed by atoms with Crippen LogP contribution in [0, 0.1) is 0 Å². The highest BCUT2D eigenvalue weighted by atomic mass is 19.1. The Morgan fingerprint density at radius 2 is 1.27 bits per heavy atom. The van der Waals surface area contributed by atoms with Crippen LogP contribution in [-0.2, 0) is 0 Å². The number of unbranched alkanes of at least 4 members (excludes halogenated alkanes) is 2. The lowest BCUT2D eigenvalue weighted by atomic mass is 10.2. The number of halogens is 1. The van der Waals surface area contributed by atoms with Gasteiger partial charge in [-0.25, -0.2) is 4.39 Å². The second-order valence-corrected chi connectivity index (χ2v) is 2.77. The van der Waals surface area contributed by atoms with E-state index in [0.29, 0.717) is 12.8 Å². The molecule has 0 amide bonds. The SMILES string of the molecule is CCC(F)CC.CCCCC. The Hall–Kier alpha value is -0.0700. The summed E-state index contributed by atoms with van der Waals surface area (Å²) in [5.74, 6) is 0. The molecule has 0 fully saturated rings. The second kappa shape index (κ2) is 12.6. The third-order valence-corrected chi connectivity index (χ3v) is 1.59. The first-order valence-corrected chi connectivity index (χ1v) is 4.86. The maximum Gasteiger partial charge on any atom is 0.0996 e. The number of rotatable bonds is 4. The molecule has 0 N–H and O–H groups in total. The molecule has 0 aromatic rings. The molecule has 1 heteroatoms. The molecule has 0 aromatic carbocycles. The molecule has 0 unspecified atom stereocenters. The van der Waals surface area contributed by atoms with Gasteiger partial charge in [0.25, 0.3) is 0 Å². The van der Waals surface area contributed by atoms with E-state index in [1.165, 1.54) is 19.3 Å². The standard InChI is InChI=1S/C5H11F.C5H12/c1-3-5(6)4-2;1-3-5-4-2/h5H,3-4H2,1-2H3;3-5H2,1-2H3. The first-order valence-electron chi connectivity index (χ1n) is 4.86. The van der Waals surface area contributed by atoms with Gasteiger partial charge in [-0.3, -0.25) is 0 Å². The van der Waals surface area contributed by atoms with Gasteiger partial charge in [-0.2, -0.15) is 0 Å². The molecule has 0 heterocycles. The van der Waals surface area contributed by atoms with Crippen LogP contribution in [0.15, 0.2) is 0 Å². The highest BCUT2D eigenvalue weighted by molar-refractivity contribution is 4.44. The normalized spacial score (nSPS) is 9.27. The summed E-state index contributed by atoms with van der Waals surface area (Å²) in [5, 5.41) is 0. The van der Waals surface area contributed by atoms with Gasteiger partial charge < -0.3 is 0 Å². The summed E-state index contributed by atoms with van der Waals surface area (Å²) >= 11 is 0. The molecule has 0 bridgehead atoms. The fraction of sp³-hybridized carbons (Fsp3) is 1.00. The molecule has 0 aliphatic carbocycles. The molecule has 11 heavy (non-hydrogen) atoms. The molecule has 0 spiro atoms. The maximum atomic E-state index is 11.9. The molecule has 0 aromatic heterocycles. The van der Waals surface area contributed by atoms with Crippen LogP contribution in [-0.4, -0.2) is 6.17 Å².